The smallest absolute Gasteiger partial charge is 0.348 e. The van der Waals surface area contributed by atoms with E-state index >= 15 is 0 Å². The number of aliphatic carboxylic acids is 1. The Hall–Kier alpha value is -4.30. The van der Waals surface area contributed by atoms with Crippen LogP contribution in [-0.2, 0) is 21.6 Å². The monoisotopic (exact) mass is 499 g/mol. The average Bonchev–Trinajstić information content (AvgIpc) is 2.95. The van der Waals surface area contributed by atoms with E-state index in [1.165, 1.54) is 0 Å². The van der Waals surface area contributed by atoms with Gasteiger partial charge in [0.2, 0.25) is 6.10 Å². The van der Waals surface area contributed by atoms with Crippen molar-refractivity contribution in [2.24, 2.45) is 0 Å². The minimum absolute atomic E-state index is 0.0963. The van der Waals surface area contributed by atoms with Crippen LogP contribution in [0.25, 0.3) is 11.4 Å². The first-order chi connectivity index (χ1) is 18.0. The number of carboxylic acids is 1. The summed E-state index contributed by atoms with van der Waals surface area (Å²) in [5, 5.41) is 10.5. The molecule has 8 heteroatoms. The largest absolute Gasteiger partial charge is 0.497 e. The summed E-state index contributed by atoms with van der Waals surface area (Å²) < 4.78 is 17.7. The van der Waals surface area contributed by atoms with E-state index in [0.29, 0.717) is 34.9 Å². The Morgan fingerprint density at radius 2 is 1.46 bits per heavy atom. The van der Waals surface area contributed by atoms with Gasteiger partial charge >= 0.3 is 12.0 Å². The number of ether oxygens (including phenoxy) is 3. The molecule has 0 fully saturated rings. The zero-order chi connectivity index (χ0) is 26.3. The highest BCUT2D eigenvalue weighted by molar-refractivity contribution is 5.76. The number of aryl methyl sites for hydroxylation is 1. The van der Waals surface area contributed by atoms with Crippen LogP contribution >= 0.6 is 0 Å². The standard InChI is InChI=1S/C29H29N3O5/c1-4-24-30-26(20-16-18-23(35-3)19-17-20)32-28(31-24)37-25(27(33)34)29(36-5-2,21-12-8-6-9-13-21)22-14-10-7-11-15-22/h6-19,25H,4-5H2,1-3H3,(H,33,34). The summed E-state index contributed by atoms with van der Waals surface area (Å²) in [5.41, 5.74) is 0.519. The molecule has 190 valence electrons. The lowest BCUT2D eigenvalue weighted by atomic mass is 9.81. The van der Waals surface area contributed by atoms with Gasteiger partial charge in [-0.2, -0.15) is 9.97 Å². The van der Waals surface area contributed by atoms with E-state index in [0.717, 1.165) is 5.56 Å². The van der Waals surface area contributed by atoms with Gasteiger partial charge in [-0.25, -0.2) is 9.78 Å². The summed E-state index contributed by atoms with van der Waals surface area (Å²) in [6, 6.07) is 25.6. The fourth-order valence-electron chi connectivity index (χ4n) is 4.20. The molecular weight excluding hydrogens is 470 g/mol. The highest BCUT2D eigenvalue weighted by atomic mass is 16.6. The third-order valence-electron chi connectivity index (χ3n) is 5.92. The van der Waals surface area contributed by atoms with Gasteiger partial charge in [0.05, 0.1) is 7.11 Å². The fraction of sp³-hybridized carbons (Fsp3) is 0.241. The second-order valence-corrected chi connectivity index (χ2v) is 8.18. The van der Waals surface area contributed by atoms with Gasteiger partial charge in [0.25, 0.3) is 0 Å². The molecule has 0 amide bonds. The van der Waals surface area contributed by atoms with Gasteiger partial charge in [0.1, 0.15) is 11.6 Å². The summed E-state index contributed by atoms with van der Waals surface area (Å²) >= 11 is 0. The summed E-state index contributed by atoms with van der Waals surface area (Å²) in [7, 11) is 1.59. The minimum Gasteiger partial charge on any atom is -0.497 e. The van der Waals surface area contributed by atoms with Crippen LogP contribution in [0.15, 0.2) is 84.9 Å². The van der Waals surface area contributed by atoms with E-state index in [1.807, 2.05) is 86.6 Å². The Kier molecular flexibility index (Phi) is 8.10. The molecule has 1 N–H and O–H groups in total. The lowest BCUT2D eigenvalue weighted by molar-refractivity contribution is -0.163. The van der Waals surface area contributed by atoms with Gasteiger partial charge in [-0.3, -0.25) is 0 Å². The predicted molar refractivity (Wildman–Crippen MR) is 139 cm³/mol. The van der Waals surface area contributed by atoms with Gasteiger partial charge in [-0.05, 0) is 42.3 Å². The van der Waals surface area contributed by atoms with Crippen LogP contribution in [0.1, 0.15) is 30.8 Å². The predicted octanol–water partition coefficient (Wildman–Crippen LogP) is 4.92. The molecule has 0 saturated carbocycles. The quantitative estimate of drug-likeness (QED) is 0.310. The Morgan fingerprint density at radius 3 is 1.95 bits per heavy atom. The molecule has 0 aliphatic carbocycles. The normalized spacial score (nSPS) is 12.1. The molecule has 0 aliphatic heterocycles. The SMILES string of the molecule is CCOC(c1ccccc1)(c1ccccc1)C(Oc1nc(CC)nc(-c2ccc(OC)cc2)n1)C(=O)O. The van der Waals surface area contributed by atoms with Crippen molar-refractivity contribution < 1.29 is 24.1 Å². The Morgan fingerprint density at radius 1 is 0.865 bits per heavy atom. The van der Waals surface area contributed by atoms with Crippen molar-refractivity contribution in [2.45, 2.75) is 32.0 Å². The van der Waals surface area contributed by atoms with Crippen LogP contribution in [0.5, 0.6) is 11.8 Å². The lowest BCUT2D eigenvalue weighted by Gasteiger charge is -2.38. The van der Waals surface area contributed by atoms with E-state index in [2.05, 4.69) is 15.0 Å². The first-order valence-electron chi connectivity index (χ1n) is 12.1. The number of methoxy groups -OCH3 is 1. The molecular formula is C29H29N3O5. The van der Waals surface area contributed by atoms with Gasteiger partial charge in [-0.15, -0.1) is 0 Å². The molecule has 37 heavy (non-hydrogen) atoms. The first-order valence-corrected chi connectivity index (χ1v) is 12.1. The summed E-state index contributed by atoms with van der Waals surface area (Å²) in [6.45, 7) is 3.97. The molecule has 0 bridgehead atoms. The highest BCUT2D eigenvalue weighted by Crippen LogP contribution is 2.39. The van der Waals surface area contributed by atoms with Crippen LogP contribution in [0.2, 0.25) is 0 Å². The molecule has 8 nitrogen and oxygen atoms in total. The number of nitrogens with zero attached hydrogens (tertiary/aromatic N) is 3. The zero-order valence-corrected chi connectivity index (χ0v) is 21.0. The number of carbonyl (C=O) groups is 1. The molecule has 1 heterocycles. The molecule has 4 rings (SSSR count). The summed E-state index contributed by atoms with van der Waals surface area (Å²) in [4.78, 5) is 26.3. The van der Waals surface area contributed by atoms with Gasteiger partial charge in [-0.1, -0.05) is 67.6 Å². The maximum Gasteiger partial charge on any atom is 0.348 e. The van der Waals surface area contributed by atoms with E-state index < -0.39 is 17.7 Å². The number of benzene rings is 3. The van der Waals surface area contributed by atoms with Gasteiger partial charge in [0, 0.05) is 18.6 Å². The van der Waals surface area contributed by atoms with Crippen LogP contribution in [0, 0.1) is 0 Å². The Balaban J connectivity index is 1.85. The van der Waals surface area contributed by atoms with Crippen molar-refractivity contribution in [3.63, 3.8) is 0 Å². The molecule has 1 atom stereocenters. The maximum absolute atomic E-state index is 12.9. The fourth-order valence-corrected chi connectivity index (χ4v) is 4.20. The van der Waals surface area contributed by atoms with Crippen molar-refractivity contribution in [3.05, 3.63) is 102 Å². The van der Waals surface area contributed by atoms with E-state index in [1.54, 1.807) is 19.2 Å². The Labute approximate surface area is 215 Å². The second-order valence-electron chi connectivity index (χ2n) is 8.18. The minimum atomic E-state index is -1.51. The second kappa shape index (κ2) is 11.6. The number of hydrogen-bond acceptors (Lipinski definition) is 7. The molecule has 1 unspecified atom stereocenters. The topological polar surface area (TPSA) is 104 Å². The van der Waals surface area contributed by atoms with Crippen LogP contribution in [0.3, 0.4) is 0 Å². The van der Waals surface area contributed by atoms with Crippen molar-refractivity contribution in [2.75, 3.05) is 13.7 Å². The van der Waals surface area contributed by atoms with Gasteiger partial charge in [0.15, 0.2) is 11.4 Å². The molecule has 0 radical (unpaired) electrons. The third kappa shape index (κ3) is 5.44. The van der Waals surface area contributed by atoms with Crippen molar-refractivity contribution in [1.82, 2.24) is 15.0 Å². The van der Waals surface area contributed by atoms with E-state index in [9.17, 15) is 9.90 Å². The number of hydrogen-bond donors (Lipinski definition) is 1. The maximum atomic E-state index is 12.9. The summed E-state index contributed by atoms with van der Waals surface area (Å²) in [6.07, 6.45) is -0.999. The zero-order valence-electron chi connectivity index (χ0n) is 21.0. The Bertz CT molecular complexity index is 1280. The van der Waals surface area contributed by atoms with E-state index in [4.69, 9.17) is 14.2 Å². The third-order valence-corrected chi connectivity index (χ3v) is 5.92. The van der Waals surface area contributed by atoms with Crippen LogP contribution in [-0.4, -0.2) is 45.8 Å². The highest BCUT2D eigenvalue weighted by Gasteiger charge is 2.50. The lowest BCUT2D eigenvalue weighted by Crippen LogP contribution is -2.51. The number of aromatic nitrogens is 3. The number of rotatable bonds is 11. The van der Waals surface area contributed by atoms with E-state index in [-0.39, 0.29) is 12.6 Å². The molecule has 0 spiro atoms. The molecule has 0 saturated heterocycles. The molecule has 0 aliphatic rings. The first kappa shape index (κ1) is 25.8. The van der Waals surface area contributed by atoms with Gasteiger partial charge < -0.3 is 19.3 Å². The molecule has 4 aromatic rings. The molecule has 1 aromatic heterocycles. The van der Waals surface area contributed by atoms with Crippen molar-refractivity contribution in [3.8, 4) is 23.1 Å². The average molecular weight is 500 g/mol. The van der Waals surface area contributed by atoms with Crippen molar-refractivity contribution in [1.29, 1.82) is 0 Å². The van der Waals surface area contributed by atoms with Crippen LogP contribution < -0.4 is 9.47 Å². The van der Waals surface area contributed by atoms with Crippen molar-refractivity contribution >= 4 is 5.97 Å². The van der Waals surface area contributed by atoms with Crippen LogP contribution in [0.4, 0.5) is 0 Å². The molecule has 3 aromatic carbocycles. The summed E-state index contributed by atoms with van der Waals surface area (Å²) in [5.74, 6) is 0.324. The number of carboxylic acid groups (broad SMARTS) is 1.